The summed E-state index contributed by atoms with van der Waals surface area (Å²) in [6.07, 6.45) is 0.0460. The van der Waals surface area contributed by atoms with Gasteiger partial charge in [0.1, 0.15) is 0 Å². The van der Waals surface area contributed by atoms with E-state index in [2.05, 4.69) is 4.74 Å². The summed E-state index contributed by atoms with van der Waals surface area (Å²) >= 11 is 0. The number of hydrogen-bond acceptors (Lipinski definition) is 7. The van der Waals surface area contributed by atoms with Crippen LogP contribution in [0.5, 0.6) is 0 Å². The highest BCUT2D eigenvalue weighted by Gasteiger charge is 2.62. The molecule has 4 atom stereocenters. The Labute approximate surface area is 164 Å². The van der Waals surface area contributed by atoms with E-state index >= 15 is 0 Å². The van der Waals surface area contributed by atoms with Crippen LogP contribution in [0.3, 0.4) is 0 Å². The second-order valence-corrected chi connectivity index (χ2v) is 7.50. The number of esters is 2. The van der Waals surface area contributed by atoms with Gasteiger partial charge in [-0.3, -0.25) is 28.8 Å². The molecule has 2 rings (SSSR count). The van der Waals surface area contributed by atoms with Crippen LogP contribution in [-0.2, 0) is 33.5 Å². The van der Waals surface area contributed by atoms with Gasteiger partial charge in [-0.2, -0.15) is 0 Å². The summed E-state index contributed by atoms with van der Waals surface area (Å²) in [5.41, 5.74) is -5.10. The molecular formula is C18H22O11. The third kappa shape index (κ3) is 3.56. The zero-order valence-corrected chi connectivity index (χ0v) is 15.5. The highest BCUT2D eigenvalue weighted by Crippen LogP contribution is 2.46. The van der Waals surface area contributed by atoms with E-state index in [4.69, 9.17) is 0 Å². The Balaban J connectivity index is 2.43. The number of carboxylic acid groups (broad SMARTS) is 4. The Morgan fingerprint density at radius 2 is 0.966 bits per heavy atom. The van der Waals surface area contributed by atoms with Gasteiger partial charge in [-0.1, -0.05) is 25.7 Å². The molecule has 0 aromatic rings. The van der Waals surface area contributed by atoms with Crippen LogP contribution < -0.4 is 0 Å². The first-order chi connectivity index (χ1) is 13.5. The highest BCUT2D eigenvalue weighted by atomic mass is 16.6. The van der Waals surface area contributed by atoms with Gasteiger partial charge in [-0.25, -0.2) is 0 Å². The van der Waals surface area contributed by atoms with E-state index < -0.39 is 71.3 Å². The van der Waals surface area contributed by atoms with Crippen LogP contribution in [0.4, 0.5) is 0 Å². The van der Waals surface area contributed by atoms with Crippen molar-refractivity contribution in [3.05, 3.63) is 0 Å². The lowest BCUT2D eigenvalue weighted by atomic mass is 9.65. The molecule has 0 radical (unpaired) electrons. The molecule has 29 heavy (non-hydrogen) atoms. The molecule has 4 N–H and O–H groups in total. The van der Waals surface area contributed by atoms with Crippen molar-refractivity contribution in [3.63, 3.8) is 0 Å². The second kappa shape index (κ2) is 8.18. The SMILES string of the molecule is O=C(O)C1CCCCC1(C(=O)O)C(=O)OC(=O)C1(C(=O)O)CCCCC1C(=O)O. The summed E-state index contributed by atoms with van der Waals surface area (Å²) in [4.78, 5) is 72.4. The van der Waals surface area contributed by atoms with Gasteiger partial charge in [-0.05, 0) is 25.7 Å². The Morgan fingerprint density at radius 1 is 0.621 bits per heavy atom. The fourth-order valence-electron chi connectivity index (χ4n) is 4.46. The van der Waals surface area contributed by atoms with Crippen molar-refractivity contribution in [1.82, 2.24) is 0 Å². The van der Waals surface area contributed by atoms with Crippen LogP contribution in [0.25, 0.3) is 0 Å². The Bertz CT molecular complexity index is 695. The van der Waals surface area contributed by atoms with Crippen molar-refractivity contribution >= 4 is 35.8 Å². The summed E-state index contributed by atoms with van der Waals surface area (Å²) in [5, 5.41) is 38.0. The van der Waals surface area contributed by atoms with Crippen molar-refractivity contribution in [2.75, 3.05) is 0 Å². The Morgan fingerprint density at radius 3 is 1.24 bits per heavy atom. The average molecular weight is 414 g/mol. The maximum atomic E-state index is 12.7. The van der Waals surface area contributed by atoms with Crippen LogP contribution in [0.1, 0.15) is 51.4 Å². The molecule has 0 heterocycles. The van der Waals surface area contributed by atoms with E-state index in [9.17, 15) is 49.2 Å². The minimum absolute atomic E-state index is 0.132. The first kappa shape index (κ1) is 22.3. The molecule has 2 aliphatic rings. The summed E-state index contributed by atoms with van der Waals surface area (Å²) < 4.78 is 4.65. The summed E-state index contributed by atoms with van der Waals surface area (Å²) in [6.45, 7) is 0. The molecule has 0 aliphatic heterocycles. The maximum absolute atomic E-state index is 12.7. The summed E-state index contributed by atoms with van der Waals surface area (Å²) in [5.74, 6) is -13.3. The van der Waals surface area contributed by atoms with Gasteiger partial charge in [0.25, 0.3) is 0 Å². The van der Waals surface area contributed by atoms with Gasteiger partial charge in [0.15, 0.2) is 10.8 Å². The van der Waals surface area contributed by atoms with Gasteiger partial charge in [-0.15, -0.1) is 0 Å². The monoisotopic (exact) mass is 414 g/mol. The Kier molecular flexibility index (Phi) is 6.29. The zero-order valence-electron chi connectivity index (χ0n) is 15.5. The molecule has 11 heteroatoms. The van der Waals surface area contributed by atoms with Gasteiger partial charge in [0.2, 0.25) is 0 Å². The Hall–Kier alpha value is -2.98. The van der Waals surface area contributed by atoms with Crippen LogP contribution in [0.2, 0.25) is 0 Å². The number of aliphatic carboxylic acids is 4. The van der Waals surface area contributed by atoms with E-state index in [1.807, 2.05) is 0 Å². The lowest BCUT2D eigenvalue weighted by molar-refractivity contribution is -0.195. The highest BCUT2D eigenvalue weighted by molar-refractivity contribution is 6.10. The maximum Gasteiger partial charge on any atom is 0.332 e. The molecule has 0 bridgehead atoms. The zero-order chi connectivity index (χ0) is 22.0. The van der Waals surface area contributed by atoms with Gasteiger partial charge < -0.3 is 25.2 Å². The predicted molar refractivity (Wildman–Crippen MR) is 90.4 cm³/mol. The van der Waals surface area contributed by atoms with Crippen LogP contribution >= 0.6 is 0 Å². The molecule has 2 fully saturated rings. The van der Waals surface area contributed by atoms with Crippen molar-refractivity contribution in [1.29, 1.82) is 0 Å². The summed E-state index contributed by atoms with van der Waals surface area (Å²) in [6, 6.07) is 0. The normalized spacial score (nSPS) is 32.0. The van der Waals surface area contributed by atoms with Crippen molar-refractivity contribution in [2.45, 2.75) is 51.4 Å². The lowest BCUT2D eigenvalue weighted by Gasteiger charge is -2.38. The fourth-order valence-corrected chi connectivity index (χ4v) is 4.46. The number of rotatable bonds is 6. The number of ether oxygens (including phenoxy) is 1. The van der Waals surface area contributed by atoms with Gasteiger partial charge >= 0.3 is 35.8 Å². The summed E-state index contributed by atoms with van der Waals surface area (Å²) in [7, 11) is 0. The molecule has 4 unspecified atom stereocenters. The van der Waals surface area contributed by atoms with E-state index in [1.165, 1.54) is 0 Å². The van der Waals surface area contributed by atoms with Crippen LogP contribution in [0, 0.1) is 22.7 Å². The van der Waals surface area contributed by atoms with Crippen LogP contribution in [0.15, 0.2) is 0 Å². The lowest BCUT2D eigenvalue weighted by Crippen LogP contribution is -2.55. The van der Waals surface area contributed by atoms with E-state index in [-0.39, 0.29) is 25.7 Å². The topological polar surface area (TPSA) is 193 Å². The standard InChI is InChI=1S/C18H22O11/c19-11(20)9-5-1-3-7-17(9,13(23)24)15(27)29-16(28)18(14(25)26)8-4-2-6-10(18)12(21)22/h9-10H,1-8H2,(H,19,20)(H,21,22)(H,23,24)(H,25,26). The fraction of sp³-hybridized carbons (Fsp3) is 0.667. The molecule has 0 spiro atoms. The smallest absolute Gasteiger partial charge is 0.332 e. The van der Waals surface area contributed by atoms with E-state index in [1.54, 1.807) is 0 Å². The molecular weight excluding hydrogens is 392 g/mol. The molecule has 2 aliphatic carbocycles. The van der Waals surface area contributed by atoms with Crippen molar-refractivity contribution in [2.24, 2.45) is 22.7 Å². The van der Waals surface area contributed by atoms with E-state index in [0.717, 1.165) is 0 Å². The molecule has 2 saturated carbocycles. The number of carbonyl (C=O) groups excluding carboxylic acids is 2. The molecule has 0 saturated heterocycles. The minimum atomic E-state index is -2.55. The second-order valence-electron chi connectivity index (χ2n) is 7.50. The average Bonchev–Trinajstić information content (AvgIpc) is 2.66. The van der Waals surface area contributed by atoms with Crippen molar-refractivity contribution < 1.29 is 53.9 Å². The number of carbonyl (C=O) groups is 6. The van der Waals surface area contributed by atoms with Gasteiger partial charge in [0.05, 0.1) is 11.8 Å². The van der Waals surface area contributed by atoms with E-state index in [0.29, 0.717) is 12.8 Å². The number of hydrogen-bond donors (Lipinski definition) is 4. The minimum Gasteiger partial charge on any atom is -0.481 e. The molecule has 160 valence electrons. The third-order valence-electron chi connectivity index (χ3n) is 6.09. The third-order valence-corrected chi connectivity index (χ3v) is 6.09. The first-order valence-corrected chi connectivity index (χ1v) is 9.21. The van der Waals surface area contributed by atoms with Crippen LogP contribution in [-0.4, -0.2) is 56.2 Å². The van der Waals surface area contributed by atoms with Gasteiger partial charge in [0, 0.05) is 0 Å². The molecule has 0 aromatic carbocycles. The first-order valence-electron chi connectivity index (χ1n) is 9.21. The predicted octanol–water partition coefficient (Wildman–Crippen LogP) is 0.748. The van der Waals surface area contributed by atoms with Crippen molar-refractivity contribution in [3.8, 4) is 0 Å². The number of carboxylic acids is 4. The molecule has 0 amide bonds. The quantitative estimate of drug-likeness (QED) is 0.354. The molecule has 0 aromatic heterocycles. The molecule has 11 nitrogen and oxygen atoms in total. The largest absolute Gasteiger partial charge is 0.481 e.